The Morgan fingerprint density at radius 2 is 2.05 bits per heavy atom. The van der Waals surface area contributed by atoms with Crippen molar-refractivity contribution in [3.8, 4) is 0 Å². The van der Waals surface area contributed by atoms with E-state index < -0.39 is 16.3 Å². The summed E-state index contributed by atoms with van der Waals surface area (Å²) in [5.74, 6) is 0. The second-order valence-corrected chi connectivity index (χ2v) is 6.09. The van der Waals surface area contributed by atoms with E-state index in [1.807, 2.05) is 0 Å². The molecule has 0 bridgehead atoms. The zero-order chi connectivity index (χ0) is 13.9. The first-order valence-corrected chi connectivity index (χ1v) is 7.57. The lowest BCUT2D eigenvalue weighted by molar-refractivity contribution is 0.0733. The van der Waals surface area contributed by atoms with Crippen LogP contribution in [0.5, 0.6) is 0 Å². The molecule has 7 heteroatoms. The van der Waals surface area contributed by atoms with Crippen molar-refractivity contribution < 1.29 is 18.3 Å². The average Bonchev–Trinajstić information content (AvgIpc) is 2.39. The Bertz CT molecular complexity index is 524. The van der Waals surface area contributed by atoms with Gasteiger partial charge in [-0.1, -0.05) is 12.1 Å². The molecule has 1 aliphatic heterocycles. The Kier molecular flexibility index (Phi) is 4.41. The predicted molar refractivity (Wildman–Crippen MR) is 72.0 cm³/mol. The molecular formula is C12H18N2O4S. The van der Waals surface area contributed by atoms with Crippen LogP contribution in [0, 0.1) is 0 Å². The first-order chi connectivity index (χ1) is 8.99. The van der Waals surface area contributed by atoms with Gasteiger partial charge in [0, 0.05) is 13.1 Å². The number of morpholine rings is 1. The summed E-state index contributed by atoms with van der Waals surface area (Å²) in [6, 6.07) is 6.74. The Labute approximate surface area is 113 Å². The molecule has 0 aromatic heterocycles. The van der Waals surface area contributed by atoms with Gasteiger partial charge in [0.2, 0.25) is 0 Å². The van der Waals surface area contributed by atoms with Gasteiger partial charge in [-0.3, -0.25) is 4.72 Å². The summed E-state index contributed by atoms with van der Waals surface area (Å²) in [6.45, 7) is 3.16. The molecule has 0 amide bonds. The highest BCUT2D eigenvalue weighted by Gasteiger charge is 2.24. The lowest BCUT2D eigenvalue weighted by atomic mass is 10.1. The molecular weight excluding hydrogens is 268 g/mol. The number of aliphatic hydroxyl groups is 1. The van der Waals surface area contributed by atoms with Gasteiger partial charge in [0.15, 0.2) is 0 Å². The Balaban J connectivity index is 2.13. The van der Waals surface area contributed by atoms with Crippen molar-refractivity contribution in [2.24, 2.45) is 0 Å². The topological polar surface area (TPSA) is 78.9 Å². The fourth-order valence-corrected chi connectivity index (χ4v) is 3.05. The first kappa shape index (κ1) is 14.3. The van der Waals surface area contributed by atoms with Crippen LogP contribution in [0.3, 0.4) is 0 Å². The lowest BCUT2D eigenvalue weighted by Crippen LogP contribution is -2.43. The van der Waals surface area contributed by atoms with Crippen LogP contribution in [-0.2, 0) is 14.9 Å². The maximum atomic E-state index is 12.1. The molecule has 1 atom stereocenters. The number of rotatable bonds is 4. The predicted octanol–water partition coefficient (Wildman–Crippen LogP) is 0.729. The standard InChI is InChI=1S/C12H18N2O4S/c1-10(15)11-3-2-4-12(9-11)13-19(16,17)14-5-7-18-8-6-14/h2-4,9-10,13,15H,5-8H2,1H3. The summed E-state index contributed by atoms with van der Waals surface area (Å²) in [4.78, 5) is 0. The molecule has 6 nitrogen and oxygen atoms in total. The number of hydrogen-bond acceptors (Lipinski definition) is 4. The molecule has 1 fully saturated rings. The van der Waals surface area contributed by atoms with E-state index in [2.05, 4.69) is 4.72 Å². The molecule has 1 saturated heterocycles. The van der Waals surface area contributed by atoms with Gasteiger partial charge in [0.1, 0.15) is 0 Å². The van der Waals surface area contributed by atoms with Gasteiger partial charge in [-0.05, 0) is 24.6 Å². The van der Waals surface area contributed by atoms with Crippen molar-refractivity contribution in [2.75, 3.05) is 31.0 Å². The molecule has 0 saturated carbocycles. The molecule has 19 heavy (non-hydrogen) atoms. The maximum absolute atomic E-state index is 12.1. The molecule has 1 aromatic carbocycles. The number of aliphatic hydroxyl groups excluding tert-OH is 1. The third kappa shape index (κ3) is 3.66. The summed E-state index contributed by atoms with van der Waals surface area (Å²) in [7, 11) is -3.56. The number of benzene rings is 1. The highest BCUT2D eigenvalue weighted by Crippen LogP contribution is 2.19. The van der Waals surface area contributed by atoms with Crippen LogP contribution in [0.2, 0.25) is 0 Å². The van der Waals surface area contributed by atoms with Crippen molar-refractivity contribution in [3.63, 3.8) is 0 Å². The third-order valence-corrected chi connectivity index (χ3v) is 4.46. The Hall–Kier alpha value is -1.15. The monoisotopic (exact) mass is 286 g/mol. The van der Waals surface area contributed by atoms with Gasteiger partial charge in [0.25, 0.3) is 0 Å². The second kappa shape index (κ2) is 5.87. The molecule has 0 radical (unpaired) electrons. The molecule has 0 aliphatic carbocycles. The lowest BCUT2D eigenvalue weighted by Gasteiger charge is -2.26. The SMILES string of the molecule is CC(O)c1cccc(NS(=O)(=O)N2CCOCC2)c1. The highest BCUT2D eigenvalue weighted by molar-refractivity contribution is 7.90. The van der Waals surface area contributed by atoms with E-state index in [4.69, 9.17) is 4.74 Å². The normalized spacial score (nSPS) is 19.1. The smallest absolute Gasteiger partial charge is 0.301 e. The fraction of sp³-hybridized carbons (Fsp3) is 0.500. The van der Waals surface area contributed by atoms with E-state index in [-0.39, 0.29) is 0 Å². The largest absolute Gasteiger partial charge is 0.389 e. The van der Waals surface area contributed by atoms with Gasteiger partial charge < -0.3 is 9.84 Å². The highest BCUT2D eigenvalue weighted by atomic mass is 32.2. The molecule has 1 heterocycles. The van der Waals surface area contributed by atoms with Gasteiger partial charge >= 0.3 is 10.2 Å². The first-order valence-electron chi connectivity index (χ1n) is 6.13. The van der Waals surface area contributed by atoms with E-state index in [0.717, 1.165) is 0 Å². The van der Waals surface area contributed by atoms with Crippen LogP contribution < -0.4 is 4.72 Å². The number of anilines is 1. The van der Waals surface area contributed by atoms with Crippen LogP contribution >= 0.6 is 0 Å². The minimum atomic E-state index is -3.56. The minimum absolute atomic E-state index is 0.353. The molecule has 0 spiro atoms. The molecule has 2 rings (SSSR count). The van der Waals surface area contributed by atoms with Gasteiger partial charge in [-0.2, -0.15) is 12.7 Å². The number of hydrogen-bond donors (Lipinski definition) is 2. The van der Waals surface area contributed by atoms with Gasteiger partial charge in [-0.15, -0.1) is 0 Å². The van der Waals surface area contributed by atoms with Crippen molar-refractivity contribution in [3.05, 3.63) is 29.8 Å². The van der Waals surface area contributed by atoms with Crippen molar-refractivity contribution in [1.29, 1.82) is 0 Å². The van der Waals surface area contributed by atoms with Crippen LogP contribution in [0.25, 0.3) is 0 Å². The van der Waals surface area contributed by atoms with Crippen molar-refractivity contribution in [2.45, 2.75) is 13.0 Å². The van der Waals surface area contributed by atoms with E-state index in [1.165, 1.54) is 4.31 Å². The third-order valence-electron chi connectivity index (χ3n) is 2.93. The summed E-state index contributed by atoms with van der Waals surface area (Å²) >= 11 is 0. The zero-order valence-electron chi connectivity index (χ0n) is 10.7. The van der Waals surface area contributed by atoms with Crippen molar-refractivity contribution >= 4 is 15.9 Å². The molecule has 1 unspecified atom stereocenters. The summed E-state index contributed by atoms with van der Waals surface area (Å²) in [5, 5.41) is 9.49. The van der Waals surface area contributed by atoms with Gasteiger partial charge in [0.05, 0.1) is 25.0 Å². The van der Waals surface area contributed by atoms with E-state index in [0.29, 0.717) is 37.6 Å². The van der Waals surface area contributed by atoms with E-state index in [1.54, 1.807) is 31.2 Å². The Morgan fingerprint density at radius 1 is 1.37 bits per heavy atom. The number of ether oxygens (including phenoxy) is 1. The molecule has 1 aliphatic rings. The van der Waals surface area contributed by atoms with Crippen molar-refractivity contribution in [1.82, 2.24) is 4.31 Å². The summed E-state index contributed by atoms with van der Waals surface area (Å²) in [5.41, 5.74) is 1.12. The molecule has 1 aromatic rings. The summed E-state index contributed by atoms with van der Waals surface area (Å²) in [6.07, 6.45) is -0.632. The van der Waals surface area contributed by atoms with E-state index in [9.17, 15) is 13.5 Å². The van der Waals surface area contributed by atoms with Crippen LogP contribution in [0.15, 0.2) is 24.3 Å². The molecule has 106 valence electrons. The quantitative estimate of drug-likeness (QED) is 0.855. The van der Waals surface area contributed by atoms with Gasteiger partial charge in [-0.25, -0.2) is 0 Å². The van der Waals surface area contributed by atoms with Crippen LogP contribution in [0.4, 0.5) is 5.69 Å². The number of nitrogens with one attached hydrogen (secondary N) is 1. The van der Waals surface area contributed by atoms with Crippen LogP contribution in [-0.4, -0.2) is 44.1 Å². The summed E-state index contributed by atoms with van der Waals surface area (Å²) < 4.78 is 33.3. The second-order valence-electron chi connectivity index (χ2n) is 4.42. The fourth-order valence-electron chi connectivity index (χ4n) is 1.86. The maximum Gasteiger partial charge on any atom is 0.301 e. The average molecular weight is 286 g/mol. The minimum Gasteiger partial charge on any atom is -0.389 e. The molecule has 2 N–H and O–H groups in total. The van der Waals surface area contributed by atoms with Crippen LogP contribution in [0.1, 0.15) is 18.6 Å². The Morgan fingerprint density at radius 3 is 2.68 bits per heavy atom. The zero-order valence-corrected chi connectivity index (χ0v) is 11.6. The number of nitrogens with zero attached hydrogens (tertiary/aromatic N) is 1. The van der Waals surface area contributed by atoms with E-state index >= 15 is 0 Å².